The van der Waals surface area contributed by atoms with Gasteiger partial charge in [0.2, 0.25) is 0 Å². The second kappa shape index (κ2) is 9.82. The fraction of sp³-hybridized carbons (Fsp3) is 0.435. The second-order valence-electron chi connectivity index (χ2n) is 8.04. The number of carbonyl (C=O) groups excluding carboxylic acids is 1. The van der Waals surface area contributed by atoms with E-state index < -0.39 is 36.2 Å². The molecule has 0 saturated carbocycles. The predicted molar refractivity (Wildman–Crippen MR) is 110 cm³/mol. The maximum Gasteiger partial charge on any atom is 0.324 e. The van der Waals surface area contributed by atoms with Crippen LogP contribution in [-0.4, -0.2) is 40.5 Å². The molecule has 3 atom stereocenters. The van der Waals surface area contributed by atoms with Gasteiger partial charge in [0.1, 0.15) is 11.6 Å². The van der Waals surface area contributed by atoms with Gasteiger partial charge in [-0.1, -0.05) is 67.6 Å². The van der Waals surface area contributed by atoms with Gasteiger partial charge in [0.15, 0.2) is 0 Å². The van der Waals surface area contributed by atoms with E-state index in [1.54, 1.807) is 27.7 Å². The highest BCUT2D eigenvalue weighted by Crippen LogP contribution is 2.25. The van der Waals surface area contributed by atoms with E-state index in [9.17, 15) is 15.0 Å². The van der Waals surface area contributed by atoms with Crippen molar-refractivity contribution < 1.29 is 19.7 Å². The Kier molecular flexibility index (Phi) is 7.75. The van der Waals surface area contributed by atoms with E-state index in [0.717, 1.165) is 11.1 Å². The number of rotatable bonds is 8. The molecule has 0 heterocycles. The Bertz CT molecular complexity index is 688. The average Bonchev–Trinajstić information content (AvgIpc) is 2.67. The van der Waals surface area contributed by atoms with E-state index in [4.69, 9.17) is 4.74 Å². The number of esters is 1. The molecule has 0 fully saturated rings. The predicted octanol–water partition coefficient (Wildman–Crippen LogP) is 3.07. The number of nitrogens with one attached hydrogen (secondary N) is 1. The lowest BCUT2D eigenvalue weighted by molar-refractivity contribution is -0.160. The zero-order valence-electron chi connectivity index (χ0n) is 17.0. The molecule has 0 aliphatic heterocycles. The molecule has 0 aliphatic rings. The molecule has 3 N–H and O–H groups in total. The van der Waals surface area contributed by atoms with Crippen LogP contribution in [0.25, 0.3) is 0 Å². The monoisotopic (exact) mass is 385 g/mol. The number of aliphatic hydroxyl groups is 2. The lowest BCUT2D eigenvalue weighted by Crippen LogP contribution is -2.50. The van der Waals surface area contributed by atoms with Crippen molar-refractivity contribution in [3.05, 3.63) is 71.8 Å². The molecular weight excluding hydrogens is 354 g/mol. The zero-order chi connectivity index (χ0) is 20.7. The molecule has 2 aromatic carbocycles. The third-order valence-electron chi connectivity index (χ3n) is 4.59. The summed E-state index contributed by atoms with van der Waals surface area (Å²) in [5.41, 5.74) is 1.33. The van der Waals surface area contributed by atoms with Crippen molar-refractivity contribution in [2.45, 2.75) is 51.5 Å². The molecule has 0 aromatic heterocycles. The fourth-order valence-corrected chi connectivity index (χ4v) is 3.04. The van der Waals surface area contributed by atoms with Crippen LogP contribution in [0.2, 0.25) is 0 Å². The maximum atomic E-state index is 12.9. The van der Waals surface area contributed by atoms with Crippen LogP contribution in [0.1, 0.15) is 44.9 Å². The summed E-state index contributed by atoms with van der Waals surface area (Å²) in [5.74, 6) is -1.00. The van der Waals surface area contributed by atoms with E-state index in [1.807, 2.05) is 60.7 Å². The van der Waals surface area contributed by atoms with Crippen molar-refractivity contribution in [1.29, 1.82) is 0 Å². The molecular formula is C23H31NO4. The van der Waals surface area contributed by atoms with E-state index in [2.05, 4.69) is 5.32 Å². The van der Waals surface area contributed by atoms with Crippen LogP contribution in [0, 0.1) is 5.92 Å². The molecule has 152 valence electrons. The molecule has 28 heavy (non-hydrogen) atoms. The normalized spacial score (nSPS) is 15.1. The van der Waals surface area contributed by atoms with Gasteiger partial charge in [0, 0.05) is 5.92 Å². The van der Waals surface area contributed by atoms with Gasteiger partial charge in [-0.15, -0.1) is 0 Å². The largest absolute Gasteiger partial charge is 0.459 e. The molecule has 0 aliphatic carbocycles. The molecule has 0 amide bonds. The smallest absolute Gasteiger partial charge is 0.324 e. The van der Waals surface area contributed by atoms with Gasteiger partial charge in [-0.05, 0) is 31.9 Å². The topological polar surface area (TPSA) is 78.8 Å². The number of ether oxygens (including phenoxy) is 1. The standard InChI is InChI=1S/C23H31NO4/c1-16(19(26)15-25)20(22(27)28-23(2,3)4)24-21(17-11-7-5-8-12-17)18-13-9-6-10-14-18/h5-14,16,19-21,24-26H,15H2,1-4H3/t16-,19+,20+/m1/s1. The Morgan fingerprint density at radius 3 is 1.86 bits per heavy atom. The van der Waals surface area contributed by atoms with Gasteiger partial charge in [-0.2, -0.15) is 0 Å². The van der Waals surface area contributed by atoms with E-state index in [-0.39, 0.29) is 6.04 Å². The highest BCUT2D eigenvalue weighted by atomic mass is 16.6. The zero-order valence-corrected chi connectivity index (χ0v) is 17.0. The van der Waals surface area contributed by atoms with Gasteiger partial charge in [0.25, 0.3) is 0 Å². The highest BCUT2D eigenvalue weighted by molar-refractivity contribution is 5.77. The number of hydrogen-bond acceptors (Lipinski definition) is 5. The molecule has 2 aromatic rings. The maximum absolute atomic E-state index is 12.9. The van der Waals surface area contributed by atoms with Crippen LogP contribution < -0.4 is 5.32 Å². The van der Waals surface area contributed by atoms with Crippen LogP contribution in [0.5, 0.6) is 0 Å². The molecule has 0 unspecified atom stereocenters. The van der Waals surface area contributed by atoms with Gasteiger partial charge in [-0.3, -0.25) is 10.1 Å². The molecule has 5 heteroatoms. The molecule has 5 nitrogen and oxygen atoms in total. The summed E-state index contributed by atoms with van der Waals surface area (Å²) < 4.78 is 5.59. The van der Waals surface area contributed by atoms with Crippen LogP contribution in [0.15, 0.2) is 60.7 Å². The molecule has 0 radical (unpaired) electrons. The highest BCUT2D eigenvalue weighted by Gasteiger charge is 2.35. The number of hydrogen-bond donors (Lipinski definition) is 3. The lowest BCUT2D eigenvalue weighted by atomic mass is 9.92. The van der Waals surface area contributed by atoms with E-state index >= 15 is 0 Å². The summed E-state index contributed by atoms with van der Waals surface area (Å²) in [7, 11) is 0. The van der Waals surface area contributed by atoms with Crippen molar-refractivity contribution >= 4 is 5.97 Å². The van der Waals surface area contributed by atoms with E-state index in [0.29, 0.717) is 0 Å². The minimum absolute atomic E-state index is 0.270. The minimum Gasteiger partial charge on any atom is -0.459 e. The number of carbonyl (C=O) groups is 1. The molecule has 0 spiro atoms. The summed E-state index contributed by atoms with van der Waals surface area (Å²) in [6.07, 6.45) is -1.04. The van der Waals surface area contributed by atoms with Crippen LogP contribution in [-0.2, 0) is 9.53 Å². The van der Waals surface area contributed by atoms with Crippen LogP contribution in [0.4, 0.5) is 0 Å². The third-order valence-corrected chi connectivity index (χ3v) is 4.59. The average molecular weight is 386 g/mol. The third kappa shape index (κ3) is 6.16. The first-order chi connectivity index (χ1) is 13.2. The Balaban J connectivity index is 2.40. The quantitative estimate of drug-likeness (QED) is 0.609. The number of benzene rings is 2. The van der Waals surface area contributed by atoms with Crippen molar-refractivity contribution in [2.24, 2.45) is 5.92 Å². The lowest BCUT2D eigenvalue weighted by Gasteiger charge is -2.33. The first-order valence-corrected chi connectivity index (χ1v) is 9.60. The second-order valence-corrected chi connectivity index (χ2v) is 8.04. The van der Waals surface area contributed by atoms with Gasteiger partial charge in [-0.25, -0.2) is 0 Å². The summed E-state index contributed by atoms with van der Waals surface area (Å²) in [6.45, 7) is 6.72. The molecule has 2 rings (SSSR count). The van der Waals surface area contributed by atoms with Gasteiger partial charge < -0.3 is 14.9 Å². The Hall–Kier alpha value is -2.21. The van der Waals surface area contributed by atoms with Crippen molar-refractivity contribution in [2.75, 3.05) is 6.61 Å². The fourth-order valence-electron chi connectivity index (χ4n) is 3.04. The molecule has 0 saturated heterocycles. The van der Waals surface area contributed by atoms with Crippen molar-refractivity contribution in [3.63, 3.8) is 0 Å². The van der Waals surface area contributed by atoms with Crippen molar-refractivity contribution in [1.82, 2.24) is 5.32 Å². The molecule has 0 bridgehead atoms. The summed E-state index contributed by atoms with van der Waals surface area (Å²) >= 11 is 0. The summed E-state index contributed by atoms with van der Waals surface area (Å²) in [6, 6.07) is 18.6. The first kappa shape index (κ1) is 22.1. The Labute approximate surface area is 167 Å². The van der Waals surface area contributed by atoms with Crippen molar-refractivity contribution in [3.8, 4) is 0 Å². The number of aliphatic hydroxyl groups excluding tert-OH is 2. The van der Waals surface area contributed by atoms with E-state index in [1.165, 1.54) is 0 Å². The van der Waals surface area contributed by atoms with Gasteiger partial charge >= 0.3 is 5.97 Å². The summed E-state index contributed by atoms with van der Waals surface area (Å²) in [4.78, 5) is 12.9. The van der Waals surface area contributed by atoms with Crippen LogP contribution >= 0.6 is 0 Å². The first-order valence-electron chi connectivity index (χ1n) is 9.60. The Morgan fingerprint density at radius 1 is 1.00 bits per heavy atom. The summed E-state index contributed by atoms with van der Waals surface area (Å²) in [5, 5.41) is 23.0. The SMILES string of the molecule is C[C@@H]([C@H](NC(c1ccccc1)c1ccccc1)C(=O)OC(C)(C)C)[C@@H](O)CO. The van der Waals surface area contributed by atoms with Crippen LogP contribution in [0.3, 0.4) is 0 Å². The van der Waals surface area contributed by atoms with Gasteiger partial charge in [0.05, 0.1) is 18.8 Å². The minimum atomic E-state index is -1.04. The Morgan fingerprint density at radius 2 is 1.46 bits per heavy atom.